The van der Waals surface area contributed by atoms with E-state index in [9.17, 15) is 5.11 Å². The third-order valence-electron chi connectivity index (χ3n) is 4.07. The predicted molar refractivity (Wildman–Crippen MR) is 78.9 cm³/mol. The zero-order chi connectivity index (χ0) is 14.0. The molecule has 3 heteroatoms. The van der Waals surface area contributed by atoms with Crippen LogP contribution in [0.2, 0.25) is 0 Å². The van der Waals surface area contributed by atoms with Crippen molar-refractivity contribution in [3.63, 3.8) is 0 Å². The fourth-order valence-corrected chi connectivity index (χ4v) is 2.88. The number of hydrogen-bond acceptors (Lipinski definition) is 3. The van der Waals surface area contributed by atoms with Crippen molar-refractivity contribution in [2.75, 3.05) is 6.54 Å². The Balaban J connectivity index is 1.83. The summed E-state index contributed by atoms with van der Waals surface area (Å²) in [6.07, 6.45) is 1.24. The summed E-state index contributed by atoms with van der Waals surface area (Å²) >= 11 is 0. The van der Waals surface area contributed by atoms with Crippen LogP contribution in [0.25, 0.3) is 0 Å². The lowest BCUT2D eigenvalue weighted by atomic mass is 9.63. The minimum absolute atomic E-state index is 0.0878. The molecular weight excluding hydrogens is 250 g/mol. The molecule has 0 atom stereocenters. The summed E-state index contributed by atoms with van der Waals surface area (Å²) in [4.78, 5) is 0. The molecule has 2 aromatic rings. The molecule has 0 spiro atoms. The monoisotopic (exact) mass is 269 g/mol. The van der Waals surface area contributed by atoms with Crippen LogP contribution in [0.4, 0.5) is 0 Å². The van der Waals surface area contributed by atoms with Crippen LogP contribution in [-0.2, 0) is 5.41 Å². The van der Waals surface area contributed by atoms with Crippen molar-refractivity contribution in [2.45, 2.75) is 24.4 Å². The summed E-state index contributed by atoms with van der Waals surface area (Å²) in [5, 5.41) is 9.59. The van der Waals surface area contributed by atoms with Gasteiger partial charge in [0.25, 0.3) is 0 Å². The number of aliphatic hydroxyl groups excluding tert-OH is 1. The molecular formula is C17H19NO2. The van der Waals surface area contributed by atoms with Gasteiger partial charge in [-0.25, -0.2) is 0 Å². The lowest BCUT2D eigenvalue weighted by Gasteiger charge is -2.45. The van der Waals surface area contributed by atoms with E-state index in [0.717, 1.165) is 29.9 Å². The zero-order valence-corrected chi connectivity index (χ0v) is 11.3. The number of aliphatic hydroxyl groups is 1. The molecule has 2 aromatic carbocycles. The number of nitrogens with two attached hydrogens (primary N) is 1. The van der Waals surface area contributed by atoms with Crippen molar-refractivity contribution in [3.8, 4) is 11.5 Å². The lowest BCUT2D eigenvalue weighted by molar-refractivity contribution is 0.0221. The SMILES string of the molecule is NCC1(c2cccc(Oc3ccccc3)c2)CC(O)C1. The minimum Gasteiger partial charge on any atom is -0.457 e. The molecule has 0 amide bonds. The van der Waals surface area contributed by atoms with Crippen LogP contribution in [0.5, 0.6) is 11.5 Å². The quantitative estimate of drug-likeness (QED) is 0.897. The first-order valence-electron chi connectivity index (χ1n) is 6.93. The molecule has 1 aliphatic rings. The molecule has 0 aromatic heterocycles. The van der Waals surface area contributed by atoms with E-state index in [2.05, 4.69) is 6.07 Å². The Kier molecular flexibility index (Phi) is 3.47. The number of benzene rings is 2. The first kappa shape index (κ1) is 13.2. The second kappa shape index (κ2) is 5.27. The van der Waals surface area contributed by atoms with Gasteiger partial charge in [-0.05, 0) is 42.7 Å². The highest BCUT2D eigenvalue weighted by atomic mass is 16.5. The third kappa shape index (κ3) is 2.42. The Bertz CT molecular complexity index is 577. The molecule has 0 unspecified atom stereocenters. The van der Waals surface area contributed by atoms with E-state index in [4.69, 9.17) is 10.5 Å². The van der Waals surface area contributed by atoms with Crippen LogP contribution in [-0.4, -0.2) is 17.8 Å². The van der Waals surface area contributed by atoms with Crippen molar-refractivity contribution < 1.29 is 9.84 Å². The van der Waals surface area contributed by atoms with Gasteiger partial charge in [-0.3, -0.25) is 0 Å². The molecule has 3 N–H and O–H groups in total. The maximum atomic E-state index is 9.59. The summed E-state index contributed by atoms with van der Waals surface area (Å²) in [5.74, 6) is 1.63. The van der Waals surface area contributed by atoms with Crippen LogP contribution < -0.4 is 10.5 Å². The molecule has 1 fully saturated rings. The van der Waals surface area contributed by atoms with Crippen molar-refractivity contribution in [3.05, 3.63) is 60.2 Å². The van der Waals surface area contributed by atoms with Crippen LogP contribution in [0.3, 0.4) is 0 Å². The van der Waals surface area contributed by atoms with Gasteiger partial charge in [-0.1, -0.05) is 30.3 Å². The summed E-state index contributed by atoms with van der Waals surface area (Å²) in [7, 11) is 0. The molecule has 3 nitrogen and oxygen atoms in total. The van der Waals surface area contributed by atoms with Gasteiger partial charge in [-0.15, -0.1) is 0 Å². The molecule has 3 rings (SSSR count). The van der Waals surface area contributed by atoms with E-state index in [-0.39, 0.29) is 11.5 Å². The Morgan fingerprint density at radius 1 is 1.05 bits per heavy atom. The molecule has 0 saturated heterocycles. The fourth-order valence-electron chi connectivity index (χ4n) is 2.88. The lowest BCUT2D eigenvalue weighted by Crippen LogP contribution is -2.49. The topological polar surface area (TPSA) is 55.5 Å². The predicted octanol–water partition coefficient (Wildman–Crippen LogP) is 2.83. The second-order valence-electron chi connectivity index (χ2n) is 5.49. The number of hydrogen-bond donors (Lipinski definition) is 2. The highest BCUT2D eigenvalue weighted by molar-refractivity contribution is 5.39. The van der Waals surface area contributed by atoms with Gasteiger partial charge in [0, 0.05) is 12.0 Å². The number of rotatable bonds is 4. The summed E-state index contributed by atoms with van der Waals surface area (Å²) in [6.45, 7) is 0.554. The van der Waals surface area contributed by atoms with Gasteiger partial charge in [0.2, 0.25) is 0 Å². The Morgan fingerprint density at radius 2 is 1.75 bits per heavy atom. The van der Waals surface area contributed by atoms with E-state index >= 15 is 0 Å². The first-order chi connectivity index (χ1) is 9.72. The van der Waals surface area contributed by atoms with Gasteiger partial charge in [0.1, 0.15) is 11.5 Å². The summed E-state index contributed by atoms with van der Waals surface area (Å²) < 4.78 is 5.85. The summed E-state index contributed by atoms with van der Waals surface area (Å²) in [6, 6.07) is 17.7. The van der Waals surface area contributed by atoms with E-state index in [1.807, 2.05) is 48.5 Å². The van der Waals surface area contributed by atoms with Crippen LogP contribution >= 0.6 is 0 Å². The molecule has 0 aliphatic heterocycles. The zero-order valence-electron chi connectivity index (χ0n) is 11.3. The van der Waals surface area contributed by atoms with Crippen LogP contribution in [0, 0.1) is 0 Å². The normalized spacial score (nSPS) is 25.0. The van der Waals surface area contributed by atoms with Crippen molar-refractivity contribution in [1.82, 2.24) is 0 Å². The maximum absolute atomic E-state index is 9.59. The van der Waals surface area contributed by atoms with Crippen LogP contribution in [0.1, 0.15) is 18.4 Å². The van der Waals surface area contributed by atoms with Gasteiger partial charge in [0.15, 0.2) is 0 Å². The standard InChI is InChI=1S/C17H19NO2/c18-12-17(10-14(19)11-17)13-5-4-8-16(9-13)20-15-6-2-1-3-7-15/h1-9,14,19H,10-12,18H2. The largest absolute Gasteiger partial charge is 0.457 e. The van der Waals surface area contributed by atoms with E-state index in [0.29, 0.717) is 6.54 Å². The molecule has 0 heterocycles. The van der Waals surface area contributed by atoms with Crippen molar-refractivity contribution in [2.24, 2.45) is 5.73 Å². The molecule has 1 aliphatic carbocycles. The highest BCUT2D eigenvalue weighted by Gasteiger charge is 2.43. The average molecular weight is 269 g/mol. The highest BCUT2D eigenvalue weighted by Crippen LogP contribution is 2.44. The van der Waals surface area contributed by atoms with Gasteiger partial charge >= 0.3 is 0 Å². The van der Waals surface area contributed by atoms with Gasteiger partial charge in [-0.2, -0.15) is 0 Å². The third-order valence-corrected chi connectivity index (χ3v) is 4.07. The smallest absolute Gasteiger partial charge is 0.127 e. The molecule has 0 radical (unpaired) electrons. The van der Waals surface area contributed by atoms with Gasteiger partial charge < -0.3 is 15.6 Å². The van der Waals surface area contributed by atoms with Crippen molar-refractivity contribution in [1.29, 1.82) is 0 Å². The number of ether oxygens (including phenoxy) is 1. The molecule has 1 saturated carbocycles. The van der Waals surface area contributed by atoms with E-state index in [1.165, 1.54) is 0 Å². The fraction of sp³-hybridized carbons (Fsp3) is 0.294. The maximum Gasteiger partial charge on any atom is 0.127 e. The Morgan fingerprint density at radius 3 is 2.40 bits per heavy atom. The van der Waals surface area contributed by atoms with E-state index < -0.39 is 0 Å². The minimum atomic E-state index is -0.225. The van der Waals surface area contributed by atoms with Gasteiger partial charge in [0.05, 0.1) is 6.10 Å². The first-order valence-corrected chi connectivity index (χ1v) is 6.93. The summed E-state index contributed by atoms with van der Waals surface area (Å²) in [5.41, 5.74) is 6.98. The average Bonchev–Trinajstić information content (AvgIpc) is 2.45. The molecule has 20 heavy (non-hydrogen) atoms. The molecule has 104 valence electrons. The Hall–Kier alpha value is -1.84. The van der Waals surface area contributed by atoms with Crippen LogP contribution in [0.15, 0.2) is 54.6 Å². The van der Waals surface area contributed by atoms with Crippen molar-refractivity contribution >= 4 is 0 Å². The number of para-hydroxylation sites is 1. The van der Waals surface area contributed by atoms with E-state index in [1.54, 1.807) is 0 Å². The Labute approximate surface area is 119 Å². The molecule has 0 bridgehead atoms. The second-order valence-corrected chi connectivity index (χ2v) is 5.49.